The van der Waals surface area contributed by atoms with Gasteiger partial charge in [0.2, 0.25) is 5.91 Å². The predicted octanol–water partition coefficient (Wildman–Crippen LogP) is 0.355. The Bertz CT molecular complexity index is 395. The number of rotatable bonds is 6. The van der Waals surface area contributed by atoms with Gasteiger partial charge in [-0.25, -0.2) is 4.68 Å². The van der Waals surface area contributed by atoms with E-state index in [1.165, 1.54) is 0 Å². The zero-order chi connectivity index (χ0) is 13.8. The maximum absolute atomic E-state index is 12.5. The first-order chi connectivity index (χ1) is 8.50. The van der Waals surface area contributed by atoms with Crippen LogP contribution in [0.2, 0.25) is 0 Å². The minimum absolute atomic E-state index is 0. The van der Waals surface area contributed by atoms with Gasteiger partial charge in [0, 0.05) is 20.6 Å². The molecular weight excluding hydrogens is 268 g/mol. The van der Waals surface area contributed by atoms with Crippen LogP contribution in [0, 0.1) is 5.41 Å². The summed E-state index contributed by atoms with van der Waals surface area (Å²) in [5, 5.41) is 11.2. The molecule has 0 radical (unpaired) electrons. The normalized spacial score (nSPS) is 11.0. The first-order valence-corrected chi connectivity index (χ1v) is 6.17. The molecule has 1 aromatic rings. The van der Waals surface area contributed by atoms with Gasteiger partial charge in [-0.15, -0.1) is 17.5 Å². The average molecular weight is 291 g/mol. The lowest BCUT2D eigenvalue weighted by molar-refractivity contribution is -0.141. The summed E-state index contributed by atoms with van der Waals surface area (Å²) < 4.78 is 1.56. The van der Waals surface area contributed by atoms with Crippen LogP contribution in [0.15, 0.2) is 0 Å². The van der Waals surface area contributed by atoms with Crippen molar-refractivity contribution in [3.05, 3.63) is 5.82 Å². The molecule has 0 aliphatic rings. The highest BCUT2D eigenvalue weighted by Crippen LogP contribution is 2.27. The van der Waals surface area contributed by atoms with E-state index in [-0.39, 0.29) is 18.3 Å². The second kappa shape index (κ2) is 7.40. The van der Waals surface area contributed by atoms with Crippen molar-refractivity contribution >= 4 is 18.3 Å². The molecule has 19 heavy (non-hydrogen) atoms. The SMILES string of the molecule is CCC(CC)(CN)C(=O)N(C)Cc1nnnn1C.Cl. The maximum atomic E-state index is 12.5. The van der Waals surface area contributed by atoms with Crippen molar-refractivity contribution < 1.29 is 4.79 Å². The van der Waals surface area contributed by atoms with Gasteiger partial charge in [-0.3, -0.25) is 4.79 Å². The molecule has 1 aromatic heterocycles. The second-order valence-corrected chi connectivity index (χ2v) is 4.57. The zero-order valence-corrected chi connectivity index (χ0v) is 12.8. The summed E-state index contributed by atoms with van der Waals surface area (Å²) in [6.07, 6.45) is 1.47. The Balaban J connectivity index is 0.00000324. The summed E-state index contributed by atoms with van der Waals surface area (Å²) in [6, 6.07) is 0. The first-order valence-electron chi connectivity index (χ1n) is 6.17. The van der Waals surface area contributed by atoms with Gasteiger partial charge in [0.25, 0.3) is 0 Å². The Hall–Kier alpha value is -1.21. The Kier molecular flexibility index (Phi) is 6.93. The number of hydrogen-bond donors (Lipinski definition) is 1. The molecule has 0 bridgehead atoms. The van der Waals surface area contributed by atoms with Crippen LogP contribution in [0.25, 0.3) is 0 Å². The number of aromatic nitrogens is 4. The van der Waals surface area contributed by atoms with E-state index in [0.29, 0.717) is 18.9 Å². The zero-order valence-electron chi connectivity index (χ0n) is 12.0. The molecule has 0 saturated heterocycles. The largest absolute Gasteiger partial charge is 0.338 e. The number of aryl methyl sites for hydroxylation is 1. The van der Waals surface area contributed by atoms with Crippen LogP contribution in [0.5, 0.6) is 0 Å². The molecule has 0 spiro atoms. The Morgan fingerprint density at radius 1 is 1.42 bits per heavy atom. The van der Waals surface area contributed by atoms with Crippen molar-refractivity contribution in [3.8, 4) is 0 Å². The fraction of sp³-hybridized carbons (Fsp3) is 0.818. The monoisotopic (exact) mass is 290 g/mol. The molecule has 1 heterocycles. The molecule has 0 atom stereocenters. The summed E-state index contributed by atoms with van der Waals surface area (Å²) in [5.41, 5.74) is 5.31. The molecule has 110 valence electrons. The van der Waals surface area contributed by atoms with Gasteiger partial charge in [-0.2, -0.15) is 0 Å². The lowest BCUT2D eigenvalue weighted by atomic mass is 9.81. The Morgan fingerprint density at radius 3 is 2.37 bits per heavy atom. The molecule has 0 aliphatic heterocycles. The second-order valence-electron chi connectivity index (χ2n) is 4.57. The van der Waals surface area contributed by atoms with Crippen molar-refractivity contribution in [2.24, 2.45) is 18.2 Å². The average Bonchev–Trinajstić information content (AvgIpc) is 2.77. The van der Waals surface area contributed by atoms with Gasteiger partial charge < -0.3 is 10.6 Å². The van der Waals surface area contributed by atoms with Crippen LogP contribution >= 0.6 is 12.4 Å². The van der Waals surface area contributed by atoms with Crippen LogP contribution in [0.1, 0.15) is 32.5 Å². The highest BCUT2D eigenvalue weighted by atomic mass is 35.5. The summed E-state index contributed by atoms with van der Waals surface area (Å²) in [4.78, 5) is 14.1. The highest BCUT2D eigenvalue weighted by Gasteiger charge is 2.35. The summed E-state index contributed by atoms with van der Waals surface area (Å²) in [6.45, 7) is 4.74. The maximum Gasteiger partial charge on any atom is 0.230 e. The molecule has 0 unspecified atom stereocenters. The van der Waals surface area contributed by atoms with Crippen LogP contribution in [-0.4, -0.2) is 44.6 Å². The standard InChI is InChI=1S/C11H22N6O.ClH/c1-5-11(6-2,8-12)10(18)16(3)7-9-13-14-15-17(9)4;/h5-8,12H2,1-4H3;1H. The number of carbonyl (C=O) groups excluding carboxylic acids is 1. The minimum atomic E-state index is -0.471. The third kappa shape index (κ3) is 3.63. The van der Waals surface area contributed by atoms with Crippen LogP contribution in [-0.2, 0) is 18.4 Å². The lowest BCUT2D eigenvalue weighted by Gasteiger charge is -2.32. The van der Waals surface area contributed by atoms with Crippen molar-refractivity contribution in [2.75, 3.05) is 13.6 Å². The molecule has 8 heteroatoms. The fourth-order valence-corrected chi connectivity index (χ4v) is 2.00. The predicted molar refractivity (Wildman–Crippen MR) is 74.6 cm³/mol. The Labute approximate surface area is 119 Å². The number of carbonyl (C=O) groups is 1. The minimum Gasteiger partial charge on any atom is -0.338 e. The van der Waals surface area contributed by atoms with Crippen molar-refractivity contribution in [1.82, 2.24) is 25.1 Å². The molecule has 7 nitrogen and oxygen atoms in total. The van der Waals surface area contributed by atoms with E-state index in [1.807, 2.05) is 13.8 Å². The third-order valence-corrected chi connectivity index (χ3v) is 3.63. The van der Waals surface area contributed by atoms with E-state index < -0.39 is 5.41 Å². The topological polar surface area (TPSA) is 89.9 Å². The molecule has 1 amide bonds. The number of amides is 1. The summed E-state index contributed by atoms with van der Waals surface area (Å²) >= 11 is 0. The molecule has 2 N–H and O–H groups in total. The highest BCUT2D eigenvalue weighted by molar-refractivity contribution is 5.85. The van der Waals surface area contributed by atoms with Gasteiger partial charge >= 0.3 is 0 Å². The third-order valence-electron chi connectivity index (χ3n) is 3.63. The summed E-state index contributed by atoms with van der Waals surface area (Å²) in [5.74, 6) is 0.710. The van der Waals surface area contributed by atoms with Crippen LogP contribution in [0.3, 0.4) is 0 Å². The van der Waals surface area contributed by atoms with E-state index in [2.05, 4.69) is 15.5 Å². The van der Waals surface area contributed by atoms with E-state index in [1.54, 1.807) is 23.7 Å². The Morgan fingerprint density at radius 2 is 2.00 bits per heavy atom. The van der Waals surface area contributed by atoms with Gasteiger partial charge in [-0.05, 0) is 23.3 Å². The molecule has 1 rings (SSSR count). The number of nitrogens with zero attached hydrogens (tertiary/aromatic N) is 5. The van der Waals surface area contributed by atoms with E-state index in [9.17, 15) is 4.79 Å². The quantitative estimate of drug-likeness (QED) is 0.817. The molecule has 0 saturated carbocycles. The molecule has 0 aromatic carbocycles. The number of hydrogen-bond acceptors (Lipinski definition) is 5. The van der Waals surface area contributed by atoms with Gasteiger partial charge in [-0.1, -0.05) is 13.8 Å². The van der Waals surface area contributed by atoms with Crippen molar-refractivity contribution in [3.63, 3.8) is 0 Å². The van der Waals surface area contributed by atoms with Gasteiger partial charge in [0.1, 0.15) is 0 Å². The van der Waals surface area contributed by atoms with Crippen LogP contribution < -0.4 is 5.73 Å². The lowest BCUT2D eigenvalue weighted by Crippen LogP contribution is -2.46. The smallest absolute Gasteiger partial charge is 0.230 e. The van der Waals surface area contributed by atoms with Crippen molar-refractivity contribution in [1.29, 1.82) is 0 Å². The number of tetrazole rings is 1. The van der Waals surface area contributed by atoms with E-state index >= 15 is 0 Å². The molecular formula is C11H23ClN6O. The van der Waals surface area contributed by atoms with Crippen LogP contribution in [0.4, 0.5) is 0 Å². The van der Waals surface area contributed by atoms with E-state index in [4.69, 9.17) is 5.73 Å². The molecule has 0 fully saturated rings. The van der Waals surface area contributed by atoms with Crippen molar-refractivity contribution in [2.45, 2.75) is 33.2 Å². The van der Waals surface area contributed by atoms with E-state index in [0.717, 1.165) is 12.8 Å². The summed E-state index contributed by atoms with van der Waals surface area (Å²) in [7, 11) is 3.51. The fourth-order valence-electron chi connectivity index (χ4n) is 2.00. The van der Waals surface area contributed by atoms with Gasteiger partial charge in [0.05, 0.1) is 12.0 Å². The number of nitrogens with two attached hydrogens (primary N) is 1. The number of halogens is 1. The van der Waals surface area contributed by atoms with Gasteiger partial charge in [0.15, 0.2) is 5.82 Å². The first kappa shape index (κ1) is 17.8. The molecule has 0 aliphatic carbocycles.